The molecule has 0 heterocycles. The quantitative estimate of drug-likeness (QED) is 0.606. The van der Waals surface area contributed by atoms with Crippen LogP contribution in [-0.4, -0.2) is 18.5 Å². The molecule has 0 aliphatic heterocycles. The lowest BCUT2D eigenvalue weighted by Gasteiger charge is -2.07. The number of halogens is 2. The zero-order valence-electron chi connectivity index (χ0n) is 11.5. The van der Waals surface area contributed by atoms with Crippen molar-refractivity contribution in [2.45, 2.75) is 6.54 Å². The number of esters is 1. The molecule has 0 bridgehead atoms. The van der Waals surface area contributed by atoms with Gasteiger partial charge in [0.25, 0.3) is 5.91 Å². The van der Waals surface area contributed by atoms with Gasteiger partial charge in [0.2, 0.25) is 0 Å². The van der Waals surface area contributed by atoms with E-state index in [1.807, 2.05) is 0 Å². The van der Waals surface area contributed by atoms with Crippen LogP contribution in [0.1, 0.15) is 15.9 Å². The number of amides is 1. The largest absolute Gasteiger partial charge is 0.452 e. The van der Waals surface area contributed by atoms with E-state index in [1.165, 1.54) is 12.1 Å². The Morgan fingerprint density at radius 2 is 1.68 bits per heavy atom. The highest BCUT2D eigenvalue weighted by molar-refractivity contribution is 14.1. The molecule has 2 aromatic rings. The number of benzene rings is 2. The van der Waals surface area contributed by atoms with Crippen molar-refractivity contribution in [1.82, 2.24) is 5.32 Å². The Balaban J connectivity index is 1.76. The highest BCUT2D eigenvalue weighted by Gasteiger charge is 2.09. The first kappa shape index (κ1) is 16.4. The molecule has 0 aromatic heterocycles. The molecule has 2 aromatic carbocycles. The van der Waals surface area contributed by atoms with Crippen molar-refractivity contribution in [1.29, 1.82) is 0 Å². The summed E-state index contributed by atoms with van der Waals surface area (Å²) in [5, 5.41) is 2.59. The number of carbonyl (C=O) groups is 2. The van der Waals surface area contributed by atoms with Gasteiger partial charge in [-0.2, -0.15) is 0 Å². The molecule has 0 spiro atoms. The standard InChI is InChI=1S/C16H13FINO3/c17-13-5-1-11(2-6-13)9-19-15(20)10-22-16(21)12-3-7-14(18)8-4-12/h1-8H,9-10H2,(H,19,20). The molecule has 6 heteroatoms. The fourth-order valence-electron chi connectivity index (χ4n) is 1.65. The average molecular weight is 413 g/mol. The fourth-order valence-corrected chi connectivity index (χ4v) is 2.01. The Kier molecular flexibility index (Phi) is 5.88. The van der Waals surface area contributed by atoms with E-state index in [0.29, 0.717) is 5.56 Å². The molecule has 0 unspecified atom stereocenters. The lowest BCUT2D eigenvalue weighted by atomic mass is 10.2. The summed E-state index contributed by atoms with van der Waals surface area (Å²) in [7, 11) is 0. The lowest BCUT2D eigenvalue weighted by molar-refractivity contribution is -0.124. The molecule has 0 aliphatic carbocycles. The van der Waals surface area contributed by atoms with E-state index in [4.69, 9.17) is 4.74 Å². The summed E-state index contributed by atoms with van der Waals surface area (Å²) in [4.78, 5) is 23.3. The number of hydrogen-bond donors (Lipinski definition) is 1. The van der Waals surface area contributed by atoms with Gasteiger partial charge < -0.3 is 10.1 Å². The van der Waals surface area contributed by atoms with Crippen molar-refractivity contribution in [2.24, 2.45) is 0 Å². The zero-order valence-corrected chi connectivity index (χ0v) is 13.7. The topological polar surface area (TPSA) is 55.4 Å². The third kappa shape index (κ3) is 5.10. The van der Waals surface area contributed by atoms with Gasteiger partial charge in [-0.15, -0.1) is 0 Å². The van der Waals surface area contributed by atoms with E-state index in [1.54, 1.807) is 36.4 Å². The highest BCUT2D eigenvalue weighted by Crippen LogP contribution is 2.08. The molecule has 0 radical (unpaired) electrons. The van der Waals surface area contributed by atoms with Crippen LogP contribution in [0.3, 0.4) is 0 Å². The van der Waals surface area contributed by atoms with Gasteiger partial charge in [0.15, 0.2) is 6.61 Å². The second-order valence-corrected chi connectivity index (χ2v) is 5.73. The second kappa shape index (κ2) is 7.88. The molecule has 1 N–H and O–H groups in total. The van der Waals surface area contributed by atoms with Crippen LogP contribution in [0.5, 0.6) is 0 Å². The predicted octanol–water partition coefficient (Wildman–Crippen LogP) is 2.90. The number of nitrogens with one attached hydrogen (secondary N) is 1. The van der Waals surface area contributed by atoms with Crippen molar-refractivity contribution in [3.05, 3.63) is 69.0 Å². The van der Waals surface area contributed by atoms with Crippen molar-refractivity contribution in [3.8, 4) is 0 Å². The summed E-state index contributed by atoms with van der Waals surface area (Å²) in [6.07, 6.45) is 0. The molecule has 114 valence electrons. The maximum atomic E-state index is 12.7. The normalized spacial score (nSPS) is 10.1. The molecule has 22 heavy (non-hydrogen) atoms. The molecular formula is C16H13FINO3. The summed E-state index contributed by atoms with van der Waals surface area (Å²) in [6.45, 7) is -0.105. The van der Waals surface area contributed by atoms with E-state index in [9.17, 15) is 14.0 Å². The van der Waals surface area contributed by atoms with E-state index >= 15 is 0 Å². The van der Waals surface area contributed by atoms with Crippen LogP contribution >= 0.6 is 22.6 Å². The van der Waals surface area contributed by atoms with E-state index in [0.717, 1.165) is 9.13 Å². The Hall–Kier alpha value is -1.96. The van der Waals surface area contributed by atoms with E-state index in [2.05, 4.69) is 27.9 Å². The maximum Gasteiger partial charge on any atom is 0.338 e. The number of hydrogen-bond acceptors (Lipinski definition) is 3. The third-order valence-corrected chi connectivity index (χ3v) is 3.54. The summed E-state index contributed by atoms with van der Waals surface area (Å²) in [6, 6.07) is 12.6. The summed E-state index contributed by atoms with van der Waals surface area (Å²) in [5.74, 6) is -1.29. The number of rotatable bonds is 5. The summed E-state index contributed by atoms with van der Waals surface area (Å²) >= 11 is 2.13. The minimum Gasteiger partial charge on any atom is -0.452 e. The highest BCUT2D eigenvalue weighted by atomic mass is 127. The van der Waals surface area contributed by atoms with Gasteiger partial charge in [-0.25, -0.2) is 9.18 Å². The molecule has 0 atom stereocenters. The molecular weight excluding hydrogens is 400 g/mol. The summed E-state index contributed by atoms with van der Waals surface area (Å²) < 4.78 is 18.7. The van der Waals surface area contributed by atoms with Crippen LogP contribution < -0.4 is 5.32 Å². The van der Waals surface area contributed by atoms with Gasteiger partial charge in [0.05, 0.1) is 5.56 Å². The van der Waals surface area contributed by atoms with Crippen LogP contribution in [0.4, 0.5) is 4.39 Å². The van der Waals surface area contributed by atoms with Gasteiger partial charge in [0, 0.05) is 10.1 Å². The first-order valence-corrected chi connectivity index (χ1v) is 7.56. The monoisotopic (exact) mass is 413 g/mol. The third-order valence-electron chi connectivity index (χ3n) is 2.82. The lowest BCUT2D eigenvalue weighted by Crippen LogP contribution is -2.28. The van der Waals surface area contributed by atoms with Crippen LogP contribution in [-0.2, 0) is 16.1 Å². The van der Waals surface area contributed by atoms with Gasteiger partial charge >= 0.3 is 5.97 Å². The molecule has 2 rings (SSSR count). The smallest absolute Gasteiger partial charge is 0.338 e. The van der Waals surface area contributed by atoms with Gasteiger partial charge in [-0.3, -0.25) is 4.79 Å². The number of carbonyl (C=O) groups excluding carboxylic acids is 2. The molecule has 0 saturated carbocycles. The summed E-state index contributed by atoms with van der Waals surface area (Å²) in [5.41, 5.74) is 1.16. The van der Waals surface area contributed by atoms with Crippen molar-refractivity contribution >= 4 is 34.5 Å². The molecule has 0 saturated heterocycles. The van der Waals surface area contributed by atoms with Gasteiger partial charge in [-0.1, -0.05) is 12.1 Å². The first-order valence-electron chi connectivity index (χ1n) is 6.48. The Labute approximate surface area is 140 Å². The van der Waals surface area contributed by atoms with Crippen molar-refractivity contribution < 1.29 is 18.7 Å². The van der Waals surface area contributed by atoms with Crippen molar-refractivity contribution in [2.75, 3.05) is 6.61 Å². The van der Waals surface area contributed by atoms with Crippen LogP contribution in [0, 0.1) is 9.39 Å². The fraction of sp³-hybridized carbons (Fsp3) is 0.125. The first-order chi connectivity index (χ1) is 10.5. The second-order valence-electron chi connectivity index (χ2n) is 4.49. The SMILES string of the molecule is O=C(COC(=O)c1ccc(I)cc1)NCc1ccc(F)cc1. The van der Waals surface area contributed by atoms with Crippen LogP contribution in [0.25, 0.3) is 0 Å². The molecule has 0 fully saturated rings. The predicted molar refractivity (Wildman–Crippen MR) is 87.7 cm³/mol. The van der Waals surface area contributed by atoms with E-state index < -0.39 is 11.9 Å². The molecule has 4 nitrogen and oxygen atoms in total. The number of ether oxygens (including phenoxy) is 1. The van der Waals surface area contributed by atoms with Gasteiger partial charge in [-0.05, 0) is 64.6 Å². The Morgan fingerprint density at radius 3 is 2.32 bits per heavy atom. The average Bonchev–Trinajstić information content (AvgIpc) is 2.52. The van der Waals surface area contributed by atoms with Gasteiger partial charge in [0.1, 0.15) is 5.82 Å². The van der Waals surface area contributed by atoms with Crippen LogP contribution in [0.2, 0.25) is 0 Å². The molecule has 0 aliphatic rings. The zero-order chi connectivity index (χ0) is 15.9. The Morgan fingerprint density at radius 1 is 1.05 bits per heavy atom. The minimum atomic E-state index is -0.548. The maximum absolute atomic E-state index is 12.7. The van der Waals surface area contributed by atoms with Crippen LogP contribution in [0.15, 0.2) is 48.5 Å². The molecule has 1 amide bonds. The Bertz CT molecular complexity index is 656. The minimum absolute atomic E-state index is 0.250. The van der Waals surface area contributed by atoms with E-state index in [-0.39, 0.29) is 19.0 Å². The van der Waals surface area contributed by atoms with Crippen molar-refractivity contribution in [3.63, 3.8) is 0 Å².